The number of hydrogen-bond donors (Lipinski definition) is 1. The van der Waals surface area contributed by atoms with Crippen molar-refractivity contribution in [2.75, 3.05) is 0 Å². The molecule has 76 valence electrons. The zero-order chi connectivity index (χ0) is 9.68. The van der Waals surface area contributed by atoms with E-state index in [1.54, 1.807) is 0 Å². The maximum atomic E-state index is 10.5. The van der Waals surface area contributed by atoms with E-state index in [-0.39, 0.29) is 0 Å². The van der Waals surface area contributed by atoms with Crippen LogP contribution in [0, 0.1) is 11.8 Å². The molecule has 1 saturated carbocycles. The Morgan fingerprint density at radius 3 is 2.54 bits per heavy atom. The molecule has 0 amide bonds. The SMILES string of the molecule is CC(CC(=O)O)CC1CCCCC1. The molecule has 1 aliphatic carbocycles. The Kier molecular flexibility index (Phi) is 4.26. The number of aliphatic carboxylic acids is 1. The van der Waals surface area contributed by atoms with Crippen molar-refractivity contribution in [1.29, 1.82) is 0 Å². The smallest absolute Gasteiger partial charge is 0.303 e. The highest BCUT2D eigenvalue weighted by Gasteiger charge is 2.17. The van der Waals surface area contributed by atoms with Gasteiger partial charge in [0.05, 0.1) is 0 Å². The lowest BCUT2D eigenvalue weighted by Gasteiger charge is -2.23. The first-order valence-electron chi connectivity index (χ1n) is 5.40. The minimum Gasteiger partial charge on any atom is -0.481 e. The number of carboxylic acid groups (broad SMARTS) is 1. The molecular weight excluding hydrogens is 164 g/mol. The Bertz CT molecular complexity index is 159. The summed E-state index contributed by atoms with van der Waals surface area (Å²) in [5.41, 5.74) is 0. The quantitative estimate of drug-likeness (QED) is 0.729. The molecule has 0 radical (unpaired) electrons. The third-order valence-electron chi connectivity index (χ3n) is 2.98. The molecule has 2 nitrogen and oxygen atoms in total. The van der Waals surface area contributed by atoms with Crippen molar-refractivity contribution >= 4 is 5.97 Å². The molecule has 0 heterocycles. The molecule has 0 aliphatic heterocycles. The first kappa shape index (κ1) is 10.6. The summed E-state index contributed by atoms with van der Waals surface area (Å²) in [6, 6.07) is 0. The van der Waals surface area contributed by atoms with Gasteiger partial charge >= 0.3 is 5.97 Å². The van der Waals surface area contributed by atoms with Gasteiger partial charge in [-0.15, -0.1) is 0 Å². The van der Waals surface area contributed by atoms with Crippen LogP contribution in [0.1, 0.15) is 51.9 Å². The fourth-order valence-corrected chi connectivity index (χ4v) is 2.37. The molecule has 0 aromatic heterocycles. The molecule has 1 unspecified atom stereocenters. The van der Waals surface area contributed by atoms with E-state index in [1.165, 1.54) is 32.1 Å². The maximum absolute atomic E-state index is 10.5. The van der Waals surface area contributed by atoms with E-state index in [9.17, 15) is 4.79 Å². The van der Waals surface area contributed by atoms with Gasteiger partial charge in [-0.1, -0.05) is 39.0 Å². The van der Waals surface area contributed by atoms with E-state index in [0.29, 0.717) is 12.3 Å². The molecule has 0 aromatic rings. The summed E-state index contributed by atoms with van der Waals surface area (Å²) in [6.07, 6.45) is 8.19. The molecule has 1 aliphatic rings. The number of carboxylic acids is 1. The van der Waals surface area contributed by atoms with Gasteiger partial charge in [0.1, 0.15) is 0 Å². The maximum Gasteiger partial charge on any atom is 0.303 e. The third kappa shape index (κ3) is 4.30. The molecule has 0 spiro atoms. The fraction of sp³-hybridized carbons (Fsp3) is 0.909. The lowest BCUT2D eigenvalue weighted by Crippen LogP contribution is -2.13. The summed E-state index contributed by atoms with van der Waals surface area (Å²) in [7, 11) is 0. The zero-order valence-electron chi connectivity index (χ0n) is 8.46. The Balaban J connectivity index is 2.18. The van der Waals surface area contributed by atoms with Gasteiger partial charge in [-0.25, -0.2) is 0 Å². The molecule has 0 aromatic carbocycles. The van der Waals surface area contributed by atoms with E-state index in [0.717, 1.165) is 12.3 Å². The molecule has 1 N–H and O–H groups in total. The van der Waals surface area contributed by atoms with Gasteiger partial charge in [0.25, 0.3) is 0 Å². The topological polar surface area (TPSA) is 37.3 Å². The minimum absolute atomic E-state index is 0.344. The van der Waals surface area contributed by atoms with Crippen molar-refractivity contribution in [1.82, 2.24) is 0 Å². The van der Waals surface area contributed by atoms with Gasteiger partial charge < -0.3 is 5.11 Å². The summed E-state index contributed by atoms with van der Waals surface area (Å²) in [6.45, 7) is 2.06. The van der Waals surface area contributed by atoms with Gasteiger partial charge in [-0.2, -0.15) is 0 Å². The molecular formula is C11H20O2. The Hall–Kier alpha value is -0.530. The second-order valence-corrected chi connectivity index (χ2v) is 4.44. The monoisotopic (exact) mass is 184 g/mol. The van der Waals surface area contributed by atoms with E-state index in [1.807, 2.05) is 0 Å². The van der Waals surface area contributed by atoms with Crippen LogP contribution in [-0.4, -0.2) is 11.1 Å². The lowest BCUT2D eigenvalue weighted by atomic mass is 9.82. The van der Waals surface area contributed by atoms with Gasteiger partial charge in [0.15, 0.2) is 0 Å². The average Bonchev–Trinajstić information content (AvgIpc) is 2.04. The number of rotatable bonds is 4. The van der Waals surface area contributed by atoms with Crippen molar-refractivity contribution in [2.45, 2.75) is 51.9 Å². The van der Waals surface area contributed by atoms with E-state index < -0.39 is 5.97 Å². The second-order valence-electron chi connectivity index (χ2n) is 4.44. The predicted octanol–water partition coefficient (Wildman–Crippen LogP) is 3.07. The first-order chi connectivity index (χ1) is 6.18. The van der Waals surface area contributed by atoms with Gasteiger partial charge in [-0.3, -0.25) is 4.79 Å². The zero-order valence-corrected chi connectivity index (χ0v) is 8.46. The Morgan fingerprint density at radius 1 is 1.38 bits per heavy atom. The van der Waals surface area contributed by atoms with Crippen LogP contribution in [0.2, 0.25) is 0 Å². The molecule has 1 atom stereocenters. The Labute approximate surface area is 80.3 Å². The van der Waals surface area contributed by atoms with Crippen LogP contribution >= 0.6 is 0 Å². The standard InChI is InChI=1S/C11H20O2/c1-9(8-11(12)13)7-10-5-3-2-4-6-10/h9-10H,2-8H2,1H3,(H,12,13). The number of hydrogen-bond acceptors (Lipinski definition) is 1. The van der Waals surface area contributed by atoms with Crippen LogP contribution < -0.4 is 0 Å². The summed E-state index contributed by atoms with van der Waals surface area (Å²) >= 11 is 0. The van der Waals surface area contributed by atoms with E-state index >= 15 is 0 Å². The molecule has 13 heavy (non-hydrogen) atoms. The highest BCUT2D eigenvalue weighted by atomic mass is 16.4. The van der Waals surface area contributed by atoms with Crippen LogP contribution in [0.3, 0.4) is 0 Å². The van der Waals surface area contributed by atoms with Crippen LogP contribution in [0.5, 0.6) is 0 Å². The van der Waals surface area contributed by atoms with Crippen LogP contribution in [0.25, 0.3) is 0 Å². The van der Waals surface area contributed by atoms with Gasteiger partial charge in [-0.05, 0) is 18.3 Å². The second kappa shape index (κ2) is 5.25. The lowest BCUT2D eigenvalue weighted by molar-refractivity contribution is -0.138. The normalized spacial score (nSPS) is 21.3. The predicted molar refractivity (Wildman–Crippen MR) is 52.6 cm³/mol. The molecule has 0 bridgehead atoms. The summed E-state index contributed by atoms with van der Waals surface area (Å²) < 4.78 is 0. The van der Waals surface area contributed by atoms with Crippen LogP contribution in [0.4, 0.5) is 0 Å². The molecule has 1 fully saturated rings. The third-order valence-corrected chi connectivity index (χ3v) is 2.98. The summed E-state index contributed by atoms with van der Waals surface area (Å²) in [5.74, 6) is 0.520. The summed E-state index contributed by atoms with van der Waals surface area (Å²) in [4.78, 5) is 10.5. The Morgan fingerprint density at radius 2 is 2.00 bits per heavy atom. The van der Waals surface area contributed by atoms with Gasteiger partial charge in [0.2, 0.25) is 0 Å². The highest BCUT2D eigenvalue weighted by Crippen LogP contribution is 2.29. The van der Waals surface area contributed by atoms with Crippen molar-refractivity contribution in [3.8, 4) is 0 Å². The largest absolute Gasteiger partial charge is 0.481 e. The van der Waals surface area contributed by atoms with Crippen LogP contribution in [0.15, 0.2) is 0 Å². The van der Waals surface area contributed by atoms with E-state index in [2.05, 4.69) is 6.92 Å². The van der Waals surface area contributed by atoms with Crippen molar-refractivity contribution in [3.63, 3.8) is 0 Å². The molecule has 1 rings (SSSR count). The number of carbonyl (C=O) groups is 1. The molecule has 0 saturated heterocycles. The van der Waals surface area contributed by atoms with Crippen molar-refractivity contribution in [3.05, 3.63) is 0 Å². The van der Waals surface area contributed by atoms with Crippen molar-refractivity contribution in [2.24, 2.45) is 11.8 Å². The van der Waals surface area contributed by atoms with Crippen LogP contribution in [-0.2, 0) is 4.79 Å². The highest BCUT2D eigenvalue weighted by molar-refractivity contribution is 5.66. The van der Waals surface area contributed by atoms with Gasteiger partial charge in [0, 0.05) is 6.42 Å². The minimum atomic E-state index is -0.650. The van der Waals surface area contributed by atoms with E-state index in [4.69, 9.17) is 5.11 Å². The molecule has 2 heteroatoms. The van der Waals surface area contributed by atoms with Crippen molar-refractivity contribution < 1.29 is 9.90 Å². The first-order valence-corrected chi connectivity index (χ1v) is 5.40. The average molecular weight is 184 g/mol. The summed E-state index contributed by atoms with van der Waals surface area (Å²) in [5, 5.41) is 8.61. The fourth-order valence-electron chi connectivity index (χ4n) is 2.37.